The van der Waals surface area contributed by atoms with Gasteiger partial charge in [-0.3, -0.25) is 0 Å². The van der Waals surface area contributed by atoms with Gasteiger partial charge in [-0.05, 0) is 43.9 Å². The van der Waals surface area contributed by atoms with Crippen molar-refractivity contribution in [3.63, 3.8) is 0 Å². The second kappa shape index (κ2) is 6.25. The summed E-state index contributed by atoms with van der Waals surface area (Å²) >= 11 is 2.02. The van der Waals surface area contributed by atoms with Crippen LogP contribution in [0.3, 0.4) is 0 Å². The highest BCUT2D eigenvalue weighted by Crippen LogP contribution is 2.34. The molecule has 0 spiro atoms. The van der Waals surface area contributed by atoms with E-state index in [9.17, 15) is 4.79 Å². The predicted molar refractivity (Wildman–Crippen MR) is 73.6 cm³/mol. The minimum atomic E-state index is 0.273. The van der Waals surface area contributed by atoms with Crippen LogP contribution < -0.4 is 0 Å². The number of hydrogen-bond acceptors (Lipinski definition) is 2. The summed E-state index contributed by atoms with van der Waals surface area (Å²) in [6, 6.07) is 8.75. The Morgan fingerprint density at radius 2 is 1.88 bits per heavy atom. The molecule has 0 radical (unpaired) electrons. The van der Waals surface area contributed by atoms with Crippen molar-refractivity contribution in [1.29, 1.82) is 0 Å². The van der Waals surface area contributed by atoms with Crippen LogP contribution in [-0.2, 0) is 11.2 Å². The lowest BCUT2D eigenvalue weighted by Gasteiger charge is -2.09. The largest absolute Gasteiger partial charge is 0.300 e. The van der Waals surface area contributed by atoms with Gasteiger partial charge in [0.2, 0.25) is 0 Å². The fraction of sp³-hybridized carbons (Fsp3) is 0.533. The average molecular weight is 248 g/mol. The molecule has 1 saturated carbocycles. The van der Waals surface area contributed by atoms with Gasteiger partial charge in [-0.1, -0.05) is 25.0 Å². The van der Waals surface area contributed by atoms with Crippen LogP contribution in [0.4, 0.5) is 0 Å². The molecule has 1 aliphatic carbocycles. The van der Waals surface area contributed by atoms with Gasteiger partial charge in [-0.15, -0.1) is 11.8 Å². The van der Waals surface area contributed by atoms with Gasteiger partial charge in [0.15, 0.2) is 0 Å². The van der Waals surface area contributed by atoms with E-state index in [0.29, 0.717) is 6.42 Å². The normalized spacial score (nSPS) is 16.3. The maximum absolute atomic E-state index is 10.9. The van der Waals surface area contributed by atoms with Crippen molar-refractivity contribution in [2.24, 2.45) is 0 Å². The number of thioether (sulfide) groups is 1. The zero-order chi connectivity index (χ0) is 12.1. The Kier molecular flexibility index (Phi) is 4.66. The molecule has 1 aromatic rings. The molecule has 0 aliphatic heterocycles. The van der Waals surface area contributed by atoms with Crippen molar-refractivity contribution in [2.45, 2.75) is 55.6 Å². The number of rotatable bonds is 5. The van der Waals surface area contributed by atoms with Crippen LogP contribution in [0.1, 0.15) is 44.6 Å². The Balaban J connectivity index is 1.86. The lowest BCUT2D eigenvalue weighted by Crippen LogP contribution is -1.95. The van der Waals surface area contributed by atoms with E-state index < -0.39 is 0 Å². The molecule has 1 aromatic carbocycles. The van der Waals surface area contributed by atoms with Crippen molar-refractivity contribution in [2.75, 3.05) is 0 Å². The van der Waals surface area contributed by atoms with Gasteiger partial charge in [0.05, 0.1) is 0 Å². The van der Waals surface area contributed by atoms with E-state index >= 15 is 0 Å². The summed E-state index contributed by atoms with van der Waals surface area (Å²) in [5, 5.41) is 0.832. The molecule has 1 aliphatic rings. The highest BCUT2D eigenvalue weighted by atomic mass is 32.2. The first-order valence-electron chi connectivity index (χ1n) is 6.49. The zero-order valence-corrected chi connectivity index (χ0v) is 11.3. The fourth-order valence-corrected chi connectivity index (χ4v) is 3.50. The van der Waals surface area contributed by atoms with Gasteiger partial charge < -0.3 is 4.79 Å². The van der Waals surface area contributed by atoms with Crippen LogP contribution in [0, 0.1) is 0 Å². The van der Waals surface area contributed by atoms with Gasteiger partial charge in [0.25, 0.3) is 0 Å². The van der Waals surface area contributed by atoms with Crippen LogP contribution in [0.5, 0.6) is 0 Å². The van der Waals surface area contributed by atoms with E-state index in [2.05, 4.69) is 24.3 Å². The molecule has 2 heteroatoms. The third-order valence-corrected chi connectivity index (χ3v) is 4.64. The molecule has 1 nitrogen and oxygen atoms in total. The third-order valence-electron chi connectivity index (χ3n) is 3.29. The van der Waals surface area contributed by atoms with Crippen LogP contribution in [0.25, 0.3) is 0 Å². The topological polar surface area (TPSA) is 17.1 Å². The van der Waals surface area contributed by atoms with E-state index in [1.165, 1.54) is 36.1 Å². The van der Waals surface area contributed by atoms with E-state index in [0.717, 1.165) is 11.7 Å². The Morgan fingerprint density at radius 3 is 2.47 bits per heavy atom. The highest BCUT2D eigenvalue weighted by molar-refractivity contribution is 8.00. The minimum absolute atomic E-state index is 0.273. The van der Waals surface area contributed by atoms with Gasteiger partial charge in [0.1, 0.15) is 5.78 Å². The van der Waals surface area contributed by atoms with E-state index in [4.69, 9.17) is 0 Å². The van der Waals surface area contributed by atoms with E-state index in [1.807, 2.05) is 11.8 Å². The molecule has 0 bridgehead atoms. The first-order valence-corrected chi connectivity index (χ1v) is 7.37. The highest BCUT2D eigenvalue weighted by Gasteiger charge is 2.15. The smallest absolute Gasteiger partial charge is 0.130 e. The Bertz CT molecular complexity index is 363. The van der Waals surface area contributed by atoms with Gasteiger partial charge >= 0.3 is 0 Å². The molecule has 0 N–H and O–H groups in total. The number of carbonyl (C=O) groups is 1. The standard InChI is InChI=1S/C15H20OS/c1-12(16)6-7-13-8-10-15(11-9-13)17-14-4-2-3-5-14/h8-11,14H,2-7H2,1H3. The van der Waals surface area contributed by atoms with Crippen LogP contribution in [0.15, 0.2) is 29.2 Å². The summed E-state index contributed by atoms with van der Waals surface area (Å²) in [6.07, 6.45) is 7.08. The number of Topliss-reactive ketones (excluding diaryl/α,β-unsaturated/α-hetero) is 1. The molecule has 0 aromatic heterocycles. The molecule has 0 heterocycles. The number of benzene rings is 1. The average Bonchev–Trinajstić information content (AvgIpc) is 2.81. The summed E-state index contributed by atoms with van der Waals surface area (Å²) in [7, 11) is 0. The molecular formula is C15H20OS. The number of aryl methyl sites for hydroxylation is 1. The molecule has 17 heavy (non-hydrogen) atoms. The number of ketones is 1. The third kappa shape index (κ3) is 4.19. The number of hydrogen-bond donors (Lipinski definition) is 0. The molecular weight excluding hydrogens is 228 g/mol. The van der Waals surface area contributed by atoms with Crippen molar-refractivity contribution < 1.29 is 4.79 Å². The minimum Gasteiger partial charge on any atom is -0.300 e. The second-order valence-corrected chi connectivity index (χ2v) is 6.24. The summed E-state index contributed by atoms with van der Waals surface area (Å²) < 4.78 is 0. The monoisotopic (exact) mass is 248 g/mol. The first-order chi connectivity index (χ1) is 8.24. The number of carbonyl (C=O) groups excluding carboxylic acids is 1. The molecule has 92 valence electrons. The van der Waals surface area contributed by atoms with Gasteiger partial charge in [-0.2, -0.15) is 0 Å². The van der Waals surface area contributed by atoms with Crippen LogP contribution in [0.2, 0.25) is 0 Å². The Hall–Kier alpha value is -0.760. The van der Waals surface area contributed by atoms with E-state index in [1.54, 1.807) is 6.92 Å². The molecule has 0 saturated heterocycles. The van der Waals surface area contributed by atoms with Gasteiger partial charge in [-0.25, -0.2) is 0 Å². The summed E-state index contributed by atoms with van der Waals surface area (Å²) in [4.78, 5) is 12.3. The predicted octanol–water partition coefficient (Wildman–Crippen LogP) is 4.24. The van der Waals surface area contributed by atoms with Crippen molar-refractivity contribution in [3.05, 3.63) is 29.8 Å². The Labute approximate surface area is 108 Å². The summed E-state index contributed by atoms with van der Waals surface area (Å²) in [5.74, 6) is 0.273. The molecule has 2 rings (SSSR count). The summed E-state index contributed by atoms with van der Waals surface area (Å²) in [6.45, 7) is 1.66. The van der Waals surface area contributed by atoms with Gasteiger partial charge in [0, 0.05) is 16.6 Å². The Morgan fingerprint density at radius 1 is 1.24 bits per heavy atom. The van der Waals surface area contributed by atoms with E-state index in [-0.39, 0.29) is 5.78 Å². The lowest BCUT2D eigenvalue weighted by molar-refractivity contribution is -0.116. The fourth-order valence-electron chi connectivity index (χ4n) is 2.25. The van der Waals surface area contributed by atoms with Crippen LogP contribution >= 0.6 is 11.8 Å². The zero-order valence-electron chi connectivity index (χ0n) is 10.4. The van der Waals surface area contributed by atoms with Crippen molar-refractivity contribution >= 4 is 17.5 Å². The SMILES string of the molecule is CC(=O)CCc1ccc(SC2CCCC2)cc1. The summed E-state index contributed by atoms with van der Waals surface area (Å²) in [5.41, 5.74) is 1.27. The molecule has 1 fully saturated rings. The van der Waals surface area contributed by atoms with Crippen LogP contribution in [-0.4, -0.2) is 11.0 Å². The molecule has 0 atom stereocenters. The van der Waals surface area contributed by atoms with Crippen molar-refractivity contribution in [3.8, 4) is 0 Å². The lowest BCUT2D eigenvalue weighted by atomic mass is 10.1. The maximum atomic E-state index is 10.9. The first kappa shape index (κ1) is 12.7. The van der Waals surface area contributed by atoms with Crippen molar-refractivity contribution in [1.82, 2.24) is 0 Å². The maximum Gasteiger partial charge on any atom is 0.130 e. The second-order valence-electron chi connectivity index (χ2n) is 4.87. The molecule has 0 unspecified atom stereocenters. The molecule has 0 amide bonds. The quantitative estimate of drug-likeness (QED) is 0.775.